The van der Waals surface area contributed by atoms with Crippen molar-refractivity contribution in [3.05, 3.63) is 53.9 Å². The predicted molar refractivity (Wildman–Crippen MR) is 81.6 cm³/mol. The lowest BCUT2D eigenvalue weighted by molar-refractivity contribution is 0.865. The lowest BCUT2D eigenvalue weighted by Gasteiger charge is -2.09. The van der Waals surface area contributed by atoms with Gasteiger partial charge in [-0.3, -0.25) is 4.98 Å². The van der Waals surface area contributed by atoms with Crippen molar-refractivity contribution in [2.24, 2.45) is 0 Å². The minimum Gasteiger partial charge on any atom is -0.387 e. The van der Waals surface area contributed by atoms with Gasteiger partial charge in [-0.2, -0.15) is 0 Å². The Balaban J connectivity index is 1.98. The molecule has 0 aliphatic rings. The average Bonchev–Trinajstić information content (AvgIpc) is 2.46. The third-order valence-electron chi connectivity index (χ3n) is 3.17. The molecule has 3 heteroatoms. The van der Waals surface area contributed by atoms with Gasteiger partial charge in [-0.05, 0) is 23.1 Å². The van der Waals surface area contributed by atoms with Gasteiger partial charge in [0.1, 0.15) is 0 Å². The first-order valence-electron chi connectivity index (χ1n) is 6.64. The van der Waals surface area contributed by atoms with Crippen LogP contribution in [0.3, 0.4) is 0 Å². The van der Waals surface area contributed by atoms with E-state index in [1.807, 2.05) is 19.4 Å². The highest BCUT2D eigenvalue weighted by molar-refractivity contribution is 5.53. The van der Waals surface area contributed by atoms with Crippen LogP contribution in [0.25, 0.3) is 0 Å². The molecule has 0 aliphatic carbocycles. The highest BCUT2D eigenvalue weighted by Gasteiger charge is 1.99. The van der Waals surface area contributed by atoms with Crippen LogP contribution in [0.2, 0.25) is 0 Å². The largest absolute Gasteiger partial charge is 0.387 e. The number of hydrogen-bond acceptors (Lipinski definition) is 3. The van der Waals surface area contributed by atoms with E-state index in [-0.39, 0.29) is 0 Å². The standard InChI is InChI=1S/C16H21N3/c1-12(2)14-6-4-13(5-7-14)9-19-16-8-15(17-3)10-18-11-16/h4-8,10-12,17,19H,9H2,1-3H3. The van der Waals surface area contributed by atoms with Crippen LogP contribution in [0.4, 0.5) is 11.4 Å². The Hall–Kier alpha value is -2.03. The van der Waals surface area contributed by atoms with Gasteiger partial charge in [0.15, 0.2) is 0 Å². The van der Waals surface area contributed by atoms with Crippen molar-refractivity contribution in [3.8, 4) is 0 Å². The summed E-state index contributed by atoms with van der Waals surface area (Å²) >= 11 is 0. The Bertz CT molecular complexity index is 518. The second-order valence-corrected chi connectivity index (χ2v) is 4.96. The van der Waals surface area contributed by atoms with Crippen LogP contribution < -0.4 is 10.6 Å². The van der Waals surface area contributed by atoms with Gasteiger partial charge in [0.05, 0.1) is 23.8 Å². The molecule has 0 saturated heterocycles. The van der Waals surface area contributed by atoms with Crippen LogP contribution >= 0.6 is 0 Å². The first kappa shape index (κ1) is 13.4. The molecule has 1 aromatic heterocycles. The first-order valence-corrected chi connectivity index (χ1v) is 6.64. The van der Waals surface area contributed by atoms with E-state index >= 15 is 0 Å². The second kappa shape index (κ2) is 6.23. The zero-order chi connectivity index (χ0) is 13.7. The van der Waals surface area contributed by atoms with Gasteiger partial charge >= 0.3 is 0 Å². The molecular weight excluding hydrogens is 234 g/mol. The predicted octanol–water partition coefficient (Wildman–Crippen LogP) is 3.86. The van der Waals surface area contributed by atoms with Gasteiger partial charge in [-0.25, -0.2) is 0 Å². The Morgan fingerprint density at radius 1 is 1.05 bits per heavy atom. The number of rotatable bonds is 5. The second-order valence-electron chi connectivity index (χ2n) is 4.96. The van der Waals surface area contributed by atoms with Crippen molar-refractivity contribution < 1.29 is 0 Å². The highest BCUT2D eigenvalue weighted by Crippen LogP contribution is 2.16. The minimum absolute atomic E-state index is 0.582. The summed E-state index contributed by atoms with van der Waals surface area (Å²) in [5, 5.41) is 6.46. The van der Waals surface area contributed by atoms with E-state index in [0.717, 1.165) is 17.9 Å². The van der Waals surface area contributed by atoms with Gasteiger partial charge < -0.3 is 10.6 Å². The molecule has 0 unspecified atom stereocenters. The lowest BCUT2D eigenvalue weighted by atomic mass is 10.0. The molecule has 19 heavy (non-hydrogen) atoms. The first-order chi connectivity index (χ1) is 9.19. The normalized spacial score (nSPS) is 10.5. The van der Waals surface area contributed by atoms with Gasteiger partial charge in [-0.15, -0.1) is 0 Å². The molecule has 0 saturated carbocycles. The van der Waals surface area contributed by atoms with Gasteiger partial charge in [0.25, 0.3) is 0 Å². The van der Waals surface area contributed by atoms with Crippen molar-refractivity contribution in [2.75, 3.05) is 17.7 Å². The van der Waals surface area contributed by atoms with Crippen molar-refractivity contribution >= 4 is 11.4 Å². The molecule has 0 aliphatic heterocycles. The van der Waals surface area contributed by atoms with E-state index in [9.17, 15) is 0 Å². The fraction of sp³-hybridized carbons (Fsp3) is 0.312. The van der Waals surface area contributed by atoms with Crippen LogP contribution in [-0.4, -0.2) is 12.0 Å². The number of nitrogens with one attached hydrogen (secondary N) is 2. The number of aromatic nitrogens is 1. The Morgan fingerprint density at radius 2 is 1.74 bits per heavy atom. The molecule has 3 nitrogen and oxygen atoms in total. The summed E-state index contributed by atoms with van der Waals surface area (Å²) in [7, 11) is 1.89. The maximum atomic E-state index is 4.18. The summed E-state index contributed by atoms with van der Waals surface area (Å²) in [4.78, 5) is 4.18. The lowest BCUT2D eigenvalue weighted by Crippen LogP contribution is -2.01. The topological polar surface area (TPSA) is 37.0 Å². The molecule has 100 valence electrons. The molecular formula is C16H21N3. The van der Waals surface area contributed by atoms with E-state index in [0.29, 0.717) is 5.92 Å². The molecule has 0 bridgehead atoms. The van der Waals surface area contributed by atoms with E-state index < -0.39 is 0 Å². The van der Waals surface area contributed by atoms with E-state index in [1.54, 1.807) is 0 Å². The molecule has 0 atom stereocenters. The summed E-state index contributed by atoms with van der Waals surface area (Å²) in [5.41, 5.74) is 4.70. The zero-order valence-corrected chi connectivity index (χ0v) is 11.8. The van der Waals surface area contributed by atoms with Gasteiger partial charge in [-0.1, -0.05) is 38.1 Å². The maximum Gasteiger partial charge on any atom is 0.0550 e. The fourth-order valence-corrected chi connectivity index (χ4v) is 1.90. The molecule has 1 heterocycles. The van der Waals surface area contributed by atoms with E-state index in [2.05, 4.69) is 59.8 Å². The number of pyridine rings is 1. The summed E-state index contributed by atoms with van der Waals surface area (Å²) in [6.45, 7) is 5.23. The molecule has 0 radical (unpaired) electrons. The third kappa shape index (κ3) is 3.71. The quantitative estimate of drug-likeness (QED) is 0.852. The molecule has 2 aromatic rings. The van der Waals surface area contributed by atoms with Gasteiger partial charge in [0.2, 0.25) is 0 Å². The number of nitrogens with zero attached hydrogens (tertiary/aromatic N) is 1. The van der Waals surface area contributed by atoms with Crippen LogP contribution in [0.1, 0.15) is 30.9 Å². The molecule has 2 N–H and O–H groups in total. The number of benzene rings is 1. The number of anilines is 2. The van der Waals surface area contributed by atoms with Crippen LogP contribution in [0.5, 0.6) is 0 Å². The molecule has 0 amide bonds. The van der Waals surface area contributed by atoms with E-state index in [1.165, 1.54) is 11.1 Å². The summed E-state index contributed by atoms with van der Waals surface area (Å²) in [6.07, 6.45) is 3.64. The van der Waals surface area contributed by atoms with Gasteiger partial charge in [0, 0.05) is 13.6 Å². The van der Waals surface area contributed by atoms with Crippen molar-refractivity contribution in [1.29, 1.82) is 0 Å². The summed E-state index contributed by atoms with van der Waals surface area (Å²) < 4.78 is 0. The Labute approximate surface area is 115 Å². The maximum absolute atomic E-state index is 4.18. The van der Waals surface area contributed by atoms with Crippen molar-refractivity contribution in [1.82, 2.24) is 4.98 Å². The zero-order valence-electron chi connectivity index (χ0n) is 11.8. The van der Waals surface area contributed by atoms with Crippen LogP contribution in [0, 0.1) is 0 Å². The molecule has 0 spiro atoms. The molecule has 2 rings (SSSR count). The van der Waals surface area contributed by atoms with Crippen LogP contribution in [0.15, 0.2) is 42.7 Å². The average molecular weight is 255 g/mol. The minimum atomic E-state index is 0.582. The summed E-state index contributed by atoms with van der Waals surface area (Å²) in [5.74, 6) is 0.582. The smallest absolute Gasteiger partial charge is 0.0550 e. The third-order valence-corrected chi connectivity index (χ3v) is 3.17. The highest BCUT2D eigenvalue weighted by atomic mass is 14.9. The Kier molecular flexibility index (Phi) is 4.39. The molecule has 0 fully saturated rings. The Morgan fingerprint density at radius 3 is 2.37 bits per heavy atom. The number of hydrogen-bond donors (Lipinski definition) is 2. The fourth-order valence-electron chi connectivity index (χ4n) is 1.90. The SMILES string of the molecule is CNc1cncc(NCc2ccc(C(C)C)cc2)c1. The monoisotopic (exact) mass is 255 g/mol. The van der Waals surface area contributed by atoms with Crippen molar-refractivity contribution in [2.45, 2.75) is 26.3 Å². The van der Waals surface area contributed by atoms with Crippen molar-refractivity contribution in [3.63, 3.8) is 0 Å². The van der Waals surface area contributed by atoms with Crippen LogP contribution in [-0.2, 0) is 6.54 Å². The molecule has 1 aromatic carbocycles. The van der Waals surface area contributed by atoms with E-state index in [4.69, 9.17) is 0 Å². The summed E-state index contributed by atoms with van der Waals surface area (Å²) in [6, 6.07) is 10.8.